The minimum Gasteiger partial charge on any atom is -0.356 e. The van der Waals surface area contributed by atoms with Crippen molar-refractivity contribution in [2.24, 2.45) is 0 Å². The molecule has 0 saturated heterocycles. The van der Waals surface area contributed by atoms with Crippen LogP contribution < -0.4 is 5.32 Å². The van der Waals surface area contributed by atoms with Gasteiger partial charge >= 0.3 is 6.18 Å². The average Bonchev–Trinajstić information content (AvgIpc) is 2.64. The molecule has 1 N–H and O–H groups in total. The van der Waals surface area contributed by atoms with Gasteiger partial charge in [0.2, 0.25) is 5.91 Å². The third kappa shape index (κ3) is 6.68. The van der Waals surface area contributed by atoms with Crippen molar-refractivity contribution in [3.63, 3.8) is 0 Å². The highest BCUT2D eigenvalue weighted by atomic mass is 19.4. The molecule has 0 saturated carbocycles. The fourth-order valence-corrected chi connectivity index (χ4v) is 3.07. The molecule has 0 aliphatic carbocycles. The molecule has 3 nitrogen and oxygen atoms in total. The van der Waals surface area contributed by atoms with Gasteiger partial charge in [-0.1, -0.05) is 42.0 Å². The van der Waals surface area contributed by atoms with Crippen molar-refractivity contribution in [2.75, 3.05) is 20.6 Å². The van der Waals surface area contributed by atoms with Gasteiger partial charge in [0.05, 0.1) is 5.56 Å². The van der Waals surface area contributed by atoms with Crippen LogP contribution in [0, 0.1) is 6.92 Å². The van der Waals surface area contributed by atoms with Gasteiger partial charge in [0.15, 0.2) is 0 Å². The van der Waals surface area contributed by atoms with Crippen LogP contribution in [0.15, 0.2) is 48.5 Å². The second kappa shape index (κ2) is 9.73. The second-order valence-corrected chi connectivity index (χ2v) is 7.22. The average molecular weight is 392 g/mol. The maximum absolute atomic E-state index is 12.6. The van der Waals surface area contributed by atoms with Gasteiger partial charge in [0, 0.05) is 19.0 Å². The SMILES string of the molecule is Cc1ccc(C(CCNC(=O)CCc2ccc(C(F)(F)F)cc2)N(C)C)cc1. The van der Waals surface area contributed by atoms with Crippen LogP contribution in [0.1, 0.15) is 41.1 Å². The molecule has 1 amide bonds. The Balaban J connectivity index is 1.79. The number of carbonyl (C=O) groups is 1. The molecular formula is C22H27F3N2O. The molecule has 0 bridgehead atoms. The van der Waals surface area contributed by atoms with Crippen molar-refractivity contribution >= 4 is 5.91 Å². The van der Waals surface area contributed by atoms with Gasteiger partial charge < -0.3 is 10.2 Å². The lowest BCUT2D eigenvalue weighted by atomic mass is 10.0. The summed E-state index contributed by atoms with van der Waals surface area (Å²) in [4.78, 5) is 14.2. The Labute approximate surface area is 164 Å². The summed E-state index contributed by atoms with van der Waals surface area (Å²) in [5.74, 6) is -0.0960. The van der Waals surface area contributed by atoms with E-state index in [-0.39, 0.29) is 18.4 Å². The number of hydrogen-bond donors (Lipinski definition) is 1. The summed E-state index contributed by atoms with van der Waals surface area (Å²) in [6.45, 7) is 2.59. The summed E-state index contributed by atoms with van der Waals surface area (Å²) in [5, 5.41) is 2.91. The topological polar surface area (TPSA) is 32.3 Å². The first-order valence-corrected chi connectivity index (χ1v) is 9.32. The van der Waals surface area contributed by atoms with Crippen LogP contribution in [0.4, 0.5) is 13.2 Å². The van der Waals surface area contributed by atoms with Crippen molar-refractivity contribution in [1.29, 1.82) is 0 Å². The van der Waals surface area contributed by atoms with E-state index in [1.807, 2.05) is 21.0 Å². The quantitative estimate of drug-likeness (QED) is 0.703. The zero-order valence-electron chi connectivity index (χ0n) is 16.5. The molecule has 1 atom stereocenters. The van der Waals surface area contributed by atoms with E-state index in [0.717, 1.165) is 18.6 Å². The predicted molar refractivity (Wildman–Crippen MR) is 105 cm³/mol. The number of benzene rings is 2. The smallest absolute Gasteiger partial charge is 0.356 e. The van der Waals surface area contributed by atoms with Crippen LogP contribution in [0.5, 0.6) is 0 Å². The molecular weight excluding hydrogens is 365 g/mol. The van der Waals surface area contributed by atoms with Crippen LogP contribution in [0.3, 0.4) is 0 Å². The lowest BCUT2D eigenvalue weighted by Crippen LogP contribution is -2.29. The Bertz CT molecular complexity index is 753. The first-order chi connectivity index (χ1) is 13.2. The van der Waals surface area contributed by atoms with Crippen LogP contribution in [0.25, 0.3) is 0 Å². The first kappa shape index (κ1) is 22.0. The number of aryl methyl sites for hydroxylation is 2. The van der Waals surface area contributed by atoms with Crippen LogP contribution in [0.2, 0.25) is 0 Å². The minimum atomic E-state index is -4.34. The summed E-state index contributed by atoms with van der Waals surface area (Å²) >= 11 is 0. The zero-order chi connectivity index (χ0) is 20.7. The van der Waals surface area contributed by atoms with Crippen molar-refractivity contribution in [2.45, 2.75) is 38.4 Å². The summed E-state index contributed by atoms with van der Waals surface area (Å²) < 4.78 is 37.7. The molecule has 0 aliphatic rings. The molecule has 0 heterocycles. The van der Waals surface area contributed by atoms with E-state index in [9.17, 15) is 18.0 Å². The fourth-order valence-electron chi connectivity index (χ4n) is 3.07. The molecule has 28 heavy (non-hydrogen) atoms. The number of hydrogen-bond acceptors (Lipinski definition) is 2. The predicted octanol–water partition coefficient (Wildman–Crippen LogP) is 4.76. The number of halogens is 3. The molecule has 2 rings (SSSR count). The van der Waals surface area contributed by atoms with E-state index < -0.39 is 11.7 Å². The van der Waals surface area contributed by atoms with E-state index in [1.54, 1.807) is 0 Å². The van der Waals surface area contributed by atoms with Gasteiger partial charge in [0.25, 0.3) is 0 Å². The van der Waals surface area contributed by atoms with Crippen molar-refractivity contribution < 1.29 is 18.0 Å². The van der Waals surface area contributed by atoms with Gasteiger partial charge in [-0.2, -0.15) is 13.2 Å². The van der Waals surface area contributed by atoms with E-state index >= 15 is 0 Å². The molecule has 2 aromatic rings. The highest BCUT2D eigenvalue weighted by Crippen LogP contribution is 2.29. The first-order valence-electron chi connectivity index (χ1n) is 9.32. The lowest BCUT2D eigenvalue weighted by molar-refractivity contribution is -0.137. The highest BCUT2D eigenvalue weighted by molar-refractivity contribution is 5.76. The third-order valence-corrected chi connectivity index (χ3v) is 4.75. The zero-order valence-corrected chi connectivity index (χ0v) is 16.5. The molecule has 0 spiro atoms. The molecule has 6 heteroatoms. The Morgan fingerprint density at radius 1 is 1.04 bits per heavy atom. The van der Waals surface area contributed by atoms with Crippen molar-refractivity contribution in [1.82, 2.24) is 10.2 Å². The van der Waals surface area contributed by atoms with E-state index in [1.165, 1.54) is 23.3 Å². The third-order valence-electron chi connectivity index (χ3n) is 4.75. The van der Waals surface area contributed by atoms with Gasteiger partial charge in [-0.05, 0) is 57.1 Å². The largest absolute Gasteiger partial charge is 0.416 e. The summed E-state index contributed by atoms with van der Waals surface area (Å²) in [7, 11) is 4.02. The number of alkyl halides is 3. The summed E-state index contributed by atoms with van der Waals surface area (Å²) in [5.41, 5.74) is 2.45. The number of nitrogens with zero attached hydrogens (tertiary/aromatic N) is 1. The highest BCUT2D eigenvalue weighted by Gasteiger charge is 2.29. The molecule has 1 unspecified atom stereocenters. The molecule has 0 aromatic heterocycles. The Hall–Kier alpha value is -2.34. The van der Waals surface area contributed by atoms with Crippen LogP contribution in [-0.4, -0.2) is 31.4 Å². The van der Waals surface area contributed by atoms with E-state index in [0.29, 0.717) is 18.5 Å². The standard InChI is InChI=1S/C22H27F3N2O/c1-16-4-9-18(10-5-16)20(27(2)3)14-15-26-21(28)13-8-17-6-11-19(12-7-17)22(23,24)25/h4-7,9-12,20H,8,13-15H2,1-3H3,(H,26,28). The van der Waals surface area contributed by atoms with Gasteiger partial charge in [-0.3, -0.25) is 4.79 Å². The lowest BCUT2D eigenvalue weighted by Gasteiger charge is -2.25. The maximum atomic E-state index is 12.6. The molecule has 0 aliphatic heterocycles. The number of carbonyl (C=O) groups excluding carboxylic acids is 1. The monoisotopic (exact) mass is 392 g/mol. The molecule has 0 fully saturated rings. The van der Waals surface area contributed by atoms with Gasteiger partial charge in [-0.15, -0.1) is 0 Å². The van der Waals surface area contributed by atoms with Crippen molar-refractivity contribution in [3.8, 4) is 0 Å². The van der Waals surface area contributed by atoms with Crippen LogP contribution in [-0.2, 0) is 17.4 Å². The summed E-state index contributed by atoms with van der Waals surface area (Å²) in [6.07, 6.45) is -2.89. The van der Waals surface area contributed by atoms with Crippen molar-refractivity contribution in [3.05, 3.63) is 70.8 Å². The summed E-state index contributed by atoms with van der Waals surface area (Å²) in [6, 6.07) is 13.5. The van der Waals surface area contributed by atoms with Gasteiger partial charge in [-0.25, -0.2) is 0 Å². The fraction of sp³-hybridized carbons (Fsp3) is 0.409. The Morgan fingerprint density at radius 2 is 1.64 bits per heavy atom. The second-order valence-electron chi connectivity index (χ2n) is 7.22. The van der Waals surface area contributed by atoms with E-state index in [4.69, 9.17) is 0 Å². The number of rotatable bonds is 8. The Kier molecular flexibility index (Phi) is 7.63. The Morgan fingerprint density at radius 3 is 2.18 bits per heavy atom. The normalized spacial score (nSPS) is 12.8. The number of nitrogens with one attached hydrogen (secondary N) is 1. The van der Waals surface area contributed by atoms with E-state index in [2.05, 4.69) is 34.5 Å². The minimum absolute atomic E-state index is 0.0960. The molecule has 152 valence electrons. The molecule has 2 aromatic carbocycles. The maximum Gasteiger partial charge on any atom is 0.416 e. The van der Waals surface area contributed by atoms with Crippen LogP contribution >= 0.6 is 0 Å². The number of amides is 1. The molecule has 0 radical (unpaired) electrons. The van der Waals surface area contributed by atoms with Gasteiger partial charge in [0.1, 0.15) is 0 Å².